The molecular formula is C11H23NO. The van der Waals surface area contributed by atoms with Gasteiger partial charge in [0.25, 0.3) is 0 Å². The third-order valence-electron chi connectivity index (χ3n) is 3.52. The van der Waals surface area contributed by atoms with Crippen LogP contribution >= 0.6 is 0 Å². The lowest BCUT2D eigenvalue weighted by atomic mass is 9.78. The van der Waals surface area contributed by atoms with Crippen LogP contribution in [0.25, 0.3) is 0 Å². The van der Waals surface area contributed by atoms with Crippen molar-refractivity contribution in [3.63, 3.8) is 0 Å². The standard InChI is InChI=1S/C11H23NO/c1-8-4-6-10(7-5-8)11(12)9(2)13-3/h8-11H,4-7,12H2,1-3H3. The molecule has 2 heteroatoms. The fourth-order valence-electron chi connectivity index (χ4n) is 2.21. The maximum Gasteiger partial charge on any atom is 0.0696 e. The minimum Gasteiger partial charge on any atom is -0.380 e. The number of methoxy groups -OCH3 is 1. The van der Waals surface area contributed by atoms with E-state index in [0.717, 1.165) is 5.92 Å². The van der Waals surface area contributed by atoms with Gasteiger partial charge in [0.1, 0.15) is 0 Å². The van der Waals surface area contributed by atoms with Crippen molar-refractivity contribution in [2.45, 2.75) is 51.7 Å². The maximum absolute atomic E-state index is 6.12. The van der Waals surface area contributed by atoms with Gasteiger partial charge in [-0.2, -0.15) is 0 Å². The van der Waals surface area contributed by atoms with E-state index in [1.807, 2.05) is 0 Å². The van der Waals surface area contributed by atoms with Gasteiger partial charge in [-0.05, 0) is 31.6 Å². The summed E-state index contributed by atoms with van der Waals surface area (Å²) in [4.78, 5) is 0. The lowest BCUT2D eigenvalue weighted by molar-refractivity contribution is 0.0643. The fraction of sp³-hybridized carbons (Fsp3) is 1.00. The van der Waals surface area contributed by atoms with Crippen LogP contribution in [0.5, 0.6) is 0 Å². The van der Waals surface area contributed by atoms with E-state index in [1.54, 1.807) is 7.11 Å². The molecule has 78 valence electrons. The zero-order valence-electron chi connectivity index (χ0n) is 9.12. The molecule has 0 radical (unpaired) electrons. The van der Waals surface area contributed by atoms with Gasteiger partial charge in [-0.15, -0.1) is 0 Å². The molecule has 0 heterocycles. The number of hydrogen-bond acceptors (Lipinski definition) is 2. The Bertz CT molecular complexity index is 141. The van der Waals surface area contributed by atoms with E-state index in [2.05, 4.69) is 13.8 Å². The van der Waals surface area contributed by atoms with Crippen LogP contribution in [0.1, 0.15) is 39.5 Å². The van der Waals surface area contributed by atoms with Crippen molar-refractivity contribution in [3.05, 3.63) is 0 Å². The molecule has 1 rings (SSSR count). The molecule has 13 heavy (non-hydrogen) atoms. The van der Waals surface area contributed by atoms with E-state index in [4.69, 9.17) is 10.5 Å². The van der Waals surface area contributed by atoms with Gasteiger partial charge in [-0.25, -0.2) is 0 Å². The summed E-state index contributed by atoms with van der Waals surface area (Å²) in [6.45, 7) is 4.41. The van der Waals surface area contributed by atoms with Gasteiger partial charge in [-0.1, -0.05) is 19.8 Å². The predicted octanol–water partition coefficient (Wildman–Crippen LogP) is 2.17. The normalized spacial score (nSPS) is 34.2. The monoisotopic (exact) mass is 185 g/mol. The molecular weight excluding hydrogens is 162 g/mol. The predicted molar refractivity (Wildman–Crippen MR) is 55.6 cm³/mol. The summed E-state index contributed by atoms with van der Waals surface area (Å²) in [5.41, 5.74) is 6.12. The molecule has 0 aromatic rings. The number of hydrogen-bond donors (Lipinski definition) is 1. The van der Waals surface area contributed by atoms with E-state index in [-0.39, 0.29) is 12.1 Å². The second-order valence-electron chi connectivity index (χ2n) is 4.54. The Kier molecular flexibility index (Phi) is 4.20. The molecule has 0 aliphatic heterocycles. The minimum absolute atomic E-state index is 0.207. The average Bonchev–Trinajstić information content (AvgIpc) is 2.17. The van der Waals surface area contributed by atoms with E-state index >= 15 is 0 Å². The van der Waals surface area contributed by atoms with Gasteiger partial charge in [0, 0.05) is 13.2 Å². The Hall–Kier alpha value is -0.0800. The fourth-order valence-corrected chi connectivity index (χ4v) is 2.21. The van der Waals surface area contributed by atoms with Crippen LogP contribution < -0.4 is 5.73 Å². The van der Waals surface area contributed by atoms with Crippen LogP contribution in [0, 0.1) is 11.8 Å². The van der Waals surface area contributed by atoms with Crippen molar-refractivity contribution in [2.24, 2.45) is 17.6 Å². The van der Waals surface area contributed by atoms with Crippen molar-refractivity contribution in [1.82, 2.24) is 0 Å². The molecule has 1 aliphatic carbocycles. The molecule has 1 fully saturated rings. The summed E-state index contributed by atoms with van der Waals surface area (Å²) >= 11 is 0. The number of ether oxygens (including phenoxy) is 1. The quantitative estimate of drug-likeness (QED) is 0.731. The van der Waals surface area contributed by atoms with Gasteiger partial charge in [0.15, 0.2) is 0 Å². The van der Waals surface area contributed by atoms with Crippen molar-refractivity contribution in [3.8, 4) is 0 Å². The Morgan fingerprint density at radius 1 is 1.23 bits per heavy atom. The summed E-state index contributed by atoms with van der Waals surface area (Å²) in [5, 5.41) is 0. The lowest BCUT2D eigenvalue weighted by Crippen LogP contribution is -2.42. The summed E-state index contributed by atoms with van der Waals surface area (Å²) in [6, 6.07) is 0.234. The van der Waals surface area contributed by atoms with E-state index in [9.17, 15) is 0 Å². The third-order valence-corrected chi connectivity index (χ3v) is 3.52. The highest BCUT2D eigenvalue weighted by Gasteiger charge is 2.26. The van der Waals surface area contributed by atoms with Crippen LogP contribution in [-0.4, -0.2) is 19.3 Å². The molecule has 0 aromatic heterocycles. The number of rotatable bonds is 3. The molecule has 2 N–H and O–H groups in total. The highest BCUT2D eigenvalue weighted by atomic mass is 16.5. The van der Waals surface area contributed by atoms with Crippen LogP contribution in [0.2, 0.25) is 0 Å². The maximum atomic E-state index is 6.12. The van der Waals surface area contributed by atoms with Crippen LogP contribution in [0.3, 0.4) is 0 Å². The molecule has 2 nitrogen and oxygen atoms in total. The molecule has 2 atom stereocenters. The topological polar surface area (TPSA) is 35.2 Å². The number of nitrogens with two attached hydrogens (primary N) is 1. The van der Waals surface area contributed by atoms with Gasteiger partial charge in [0.05, 0.1) is 6.10 Å². The Balaban J connectivity index is 2.35. The van der Waals surface area contributed by atoms with E-state index < -0.39 is 0 Å². The Labute approximate surface area is 81.8 Å². The van der Waals surface area contributed by atoms with Gasteiger partial charge in [-0.3, -0.25) is 0 Å². The van der Waals surface area contributed by atoms with E-state index in [1.165, 1.54) is 25.7 Å². The summed E-state index contributed by atoms with van der Waals surface area (Å²) in [6.07, 6.45) is 5.47. The van der Waals surface area contributed by atoms with Gasteiger partial charge in [0.2, 0.25) is 0 Å². The average molecular weight is 185 g/mol. The molecule has 1 saturated carbocycles. The smallest absolute Gasteiger partial charge is 0.0696 e. The minimum atomic E-state index is 0.207. The molecule has 2 unspecified atom stereocenters. The zero-order valence-corrected chi connectivity index (χ0v) is 9.12. The lowest BCUT2D eigenvalue weighted by Gasteiger charge is -2.33. The highest BCUT2D eigenvalue weighted by Crippen LogP contribution is 2.30. The van der Waals surface area contributed by atoms with Crippen LogP contribution in [-0.2, 0) is 4.74 Å². The first-order valence-corrected chi connectivity index (χ1v) is 5.43. The zero-order chi connectivity index (χ0) is 9.84. The second kappa shape index (κ2) is 4.97. The van der Waals surface area contributed by atoms with Gasteiger partial charge < -0.3 is 10.5 Å². The summed E-state index contributed by atoms with van der Waals surface area (Å²) < 4.78 is 5.27. The SMILES string of the molecule is COC(C)C(N)C1CCC(C)CC1. The van der Waals surface area contributed by atoms with Crippen LogP contribution in [0.15, 0.2) is 0 Å². The van der Waals surface area contributed by atoms with Crippen LogP contribution in [0.4, 0.5) is 0 Å². The van der Waals surface area contributed by atoms with E-state index in [0.29, 0.717) is 5.92 Å². The molecule has 0 saturated heterocycles. The molecule has 0 bridgehead atoms. The second-order valence-corrected chi connectivity index (χ2v) is 4.54. The first-order chi connectivity index (χ1) is 6.15. The highest BCUT2D eigenvalue weighted by molar-refractivity contribution is 4.82. The summed E-state index contributed by atoms with van der Waals surface area (Å²) in [7, 11) is 1.75. The molecule has 0 spiro atoms. The first kappa shape index (κ1) is 11.0. The Morgan fingerprint density at radius 2 is 1.77 bits per heavy atom. The summed E-state index contributed by atoms with van der Waals surface area (Å²) in [5.74, 6) is 1.59. The van der Waals surface area contributed by atoms with Crippen molar-refractivity contribution < 1.29 is 4.74 Å². The molecule has 0 amide bonds. The molecule has 1 aliphatic rings. The molecule has 0 aromatic carbocycles. The largest absolute Gasteiger partial charge is 0.380 e. The Morgan fingerprint density at radius 3 is 2.23 bits per heavy atom. The van der Waals surface area contributed by atoms with Crippen molar-refractivity contribution in [1.29, 1.82) is 0 Å². The van der Waals surface area contributed by atoms with Crippen molar-refractivity contribution >= 4 is 0 Å². The van der Waals surface area contributed by atoms with Gasteiger partial charge >= 0.3 is 0 Å². The first-order valence-electron chi connectivity index (χ1n) is 5.43. The third kappa shape index (κ3) is 2.96. The van der Waals surface area contributed by atoms with Crippen molar-refractivity contribution in [2.75, 3.05) is 7.11 Å².